The second-order valence-electron chi connectivity index (χ2n) is 6.73. The van der Waals surface area contributed by atoms with E-state index in [1.807, 2.05) is 31.2 Å². The lowest BCUT2D eigenvalue weighted by Crippen LogP contribution is -2.19. The monoisotopic (exact) mass is 397 g/mol. The van der Waals surface area contributed by atoms with Crippen molar-refractivity contribution in [2.24, 2.45) is 0 Å². The maximum Gasteiger partial charge on any atom is 0.325 e. The summed E-state index contributed by atoms with van der Waals surface area (Å²) in [5.41, 5.74) is 2.66. The molecular weight excluding hydrogens is 374 g/mol. The first-order chi connectivity index (χ1) is 13.4. The van der Waals surface area contributed by atoms with Crippen LogP contribution in [0.1, 0.15) is 45.1 Å². The molecule has 0 saturated heterocycles. The van der Waals surface area contributed by atoms with Crippen LogP contribution in [0.4, 0.5) is 15.6 Å². The molecule has 0 saturated carbocycles. The molecule has 146 valence electrons. The smallest absolute Gasteiger partial charge is 0.325 e. The molecule has 0 aliphatic rings. The summed E-state index contributed by atoms with van der Waals surface area (Å²) >= 11 is 1.32. The van der Waals surface area contributed by atoms with Gasteiger partial charge < -0.3 is 10.1 Å². The molecule has 1 aromatic heterocycles. The number of nitrogens with zero attached hydrogens (tertiary/aromatic N) is 1. The van der Waals surface area contributed by atoms with Gasteiger partial charge in [-0.2, -0.15) is 0 Å². The first kappa shape index (κ1) is 19.8. The molecule has 0 aliphatic carbocycles. The lowest BCUT2D eigenvalue weighted by molar-refractivity contribution is -0.134. The molecule has 0 unspecified atom stereocenters. The van der Waals surface area contributed by atoms with E-state index in [0.717, 1.165) is 16.6 Å². The topological polar surface area (TPSA) is 80.3 Å². The molecule has 0 spiro atoms. The van der Waals surface area contributed by atoms with Crippen LogP contribution >= 0.6 is 11.3 Å². The number of ether oxygens (including phenoxy) is 1. The Kier molecular flexibility index (Phi) is 6.26. The minimum Gasteiger partial charge on any atom is -0.426 e. The number of esters is 1. The summed E-state index contributed by atoms with van der Waals surface area (Å²) in [7, 11) is 0. The molecular formula is C21H23N3O3S. The zero-order chi connectivity index (χ0) is 20.1. The van der Waals surface area contributed by atoms with Gasteiger partial charge in [-0.05, 0) is 42.2 Å². The second-order valence-corrected chi connectivity index (χ2v) is 7.76. The molecule has 0 fully saturated rings. The van der Waals surface area contributed by atoms with Gasteiger partial charge in [0.15, 0.2) is 5.13 Å². The minimum absolute atomic E-state index is 0.257. The Labute approximate surface area is 167 Å². The van der Waals surface area contributed by atoms with Gasteiger partial charge in [-0.15, -0.1) is 0 Å². The van der Waals surface area contributed by atoms with Crippen LogP contribution in [0.15, 0.2) is 42.5 Å². The van der Waals surface area contributed by atoms with Crippen molar-refractivity contribution in [3.8, 4) is 5.75 Å². The third-order valence-corrected chi connectivity index (χ3v) is 5.03. The molecule has 28 heavy (non-hydrogen) atoms. The molecule has 3 aromatic rings. The quantitative estimate of drug-likeness (QED) is 0.409. The van der Waals surface area contributed by atoms with Crippen LogP contribution in [0, 0.1) is 0 Å². The molecule has 0 aliphatic heterocycles. The van der Waals surface area contributed by atoms with E-state index in [4.69, 9.17) is 4.74 Å². The summed E-state index contributed by atoms with van der Waals surface area (Å²) in [6.45, 7) is 6.17. The van der Waals surface area contributed by atoms with Crippen LogP contribution in [-0.4, -0.2) is 17.0 Å². The molecule has 2 aromatic carbocycles. The highest BCUT2D eigenvalue weighted by Crippen LogP contribution is 2.29. The van der Waals surface area contributed by atoms with E-state index in [9.17, 15) is 9.59 Å². The van der Waals surface area contributed by atoms with Gasteiger partial charge >= 0.3 is 12.0 Å². The van der Waals surface area contributed by atoms with Gasteiger partial charge in [0.25, 0.3) is 0 Å². The number of amides is 2. The number of urea groups is 1. The van der Waals surface area contributed by atoms with E-state index in [1.165, 1.54) is 16.9 Å². The fourth-order valence-corrected chi connectivity index (χ4v) is 3.51. The normalized spacial score (nSPS) is 10.9. The first-order valence-corrected chi connectivity index (χ1v) is 10.1. The number of benzene rings is 2. The van der Waals surface area contributed by atoms with Crippen molar-refractivity contribution in [3.63, 3.8) is 0 Å². The fraction of sp³-hybridized carbons (Fsp3) is 0.286. The van der Waals surface area contributed by atoms with Crippen molar-refractivity contribution >= 4 is 44.4 Å². The molecule has 2 amide bonds. The average molecular weight is 398 g/mol. The van der Waals surface area contributed by atoms with E-state index in [0.29, 0.717) is 28.9 Å². The van der Waals surface area contributed by atoms with E-state index in [1.54, 1.807) is 18.2 Å². The van der Waals surface area contributed by atoms with Gasteiger partial charge in [-0.25, -0.2) is 9.78 Å². The number of aromatic nitrogens is 1. The highest BCUT2D eigenvalue weighted by atomic mass is 32.1. The Hall–Kier alpha value is -2.93. The van der Waals surface area contributed by atoms with Gasteiger partial charge in [0, 0.05) is 18.2 Å². The lowest BCUT2D eigenvalue weighted by atomic mass is 10.0. The van der Waals surface area contributed by atoms with E-state index in [-0.39, 0.29) is 12.0 Å². The Bertz CT molecular complexity index is 980. The first-order valence-electron chi connectivity index (χ1n) is 9.24. The Morgan fingerprint density at radius 1 is 1.11 bits per heavy atom. The number of thiazole rings is 1. The summed E-state index contributed by atoms with van der Waals surface area (Å²) < 4.78 is 6.13. The summed E-state index contributed by atoms with van der Waals surface area (Å²) in [4.78, 5) is 28.3. The molecule has 3 rings (SSSR count). The highest BCUT2D eigenvalue weighted by Gasteiger charge is 2.10. The Morgan fingerprint density at radius 2 is 1.86 bits per heavy atom. The van der Waals surface area contributed by atoms with Crippen molar-refractivity contribution in [3.05, 3.63) is 48.0 Å². The maximum absolute atomic E-state index is 12.2. The number of rotatable bonds is 6. The largest absolute Gasteiger partial charge is 0.426 e. The van der Waals surface area contributed by atoms with E-state index >= 15 is 0 Å². The van der Waals surface area contributed by atoms with Crippen LogP contribution in [-0.2, 0) is 4.79 Å². The standard InChI is InChI=1S/C21H23N3O3S/c1-4-5-19(25)27-16-10-11-17-18(12-16)28-21(23-17)24-20(26)22-15-8-6-14(7-9-15)13(2)3/h6-13H,4-5H2,1-3H3,(H2,22,23,24,26). The second kappa shape index (κ2) is 8.84. The van der Waals surface area contributed by atoms with Crippen molar-refractivity contribution in [2.45, 2.75) is 39.5 Å². The Balaban J connectivity index is 1.64. The number of carbonyl (C=O) groups excluding carboxylic acids is 2. The number of anilines is 2. The number of carbonyl (C=O) groups is 2. The number of hydrogen-bond donors (Lipinski definition) is 2. The SMILES string of the molecule is CCCC(=O)Oc1ccc2nc(NC(=O)Nc3ccc(C(C)C)cc3)sc2c1. The van der Waals surface area contributed by atoms with Crippen LogP contribution in [0.3, 0.4) is 0 Å². The molecule has 0 bridgehead atoms. The van der Waals surface area contributed by atoms with Gasteiger partial charge in [-0.1, -0.05) is 44.2 Å². The van der Waals surface area contributed by atoms with Crippen molar-refractivity contribution in [1.29, 1.82) is 0 Å². The van der Waals surface area contributed by atoms with Crippen molar-refractivity contribution in [2.75, 3.05) is 10.6 Å². The van der Waals surface area contributed by atoms with E-state index < -0.39 is 0 Å². The zero-order valence-electron chi connectivity index (χ0n) is 16.1. The maximum atomic E-state index is 12.2. The van der Waals surface area contributed by atoms with E-state index in [2.05, 4.69) is 29.5 Å². The summed E-state index contributed by atoms with van der Waals surface area (Å²) in [6, 6.07) is 12.6. The number of hydrogen-bond acceptors (Lipinski definition) is 5. The van der Waals surface area contributed by atoms with Gasteiger partial charge in [0.05, 0.1) is 10.2 Å². The zero-order valence-corrected chi connectivity index (χ0v) is 16.9. The molecule has 7 heteroatoms. The molecule has 0 radical (unpaired) electrons. The van der Waals surface area contributed by atoms with Crippen LogP contribution in [0.2, 0.25) is 0 Å². The summed E-state index contributed by atoms with van der Waals surface area (Å²) in [6.07, 6.45) is 1.12. The fourth-order valence-electron chi connectivity index (χ4n) is 2.62. The predicted octanol–water partition coefficient (Wildman–Crippen LogP) is 5.77. The third-order valence-electron chi connectivity index (χ3n) is 4.10. The predicted molar refractivity (Wildman–Crippen MR) is 113 cm³/mol. The van der Waals surface area contributed by atoms with Crippen molar-refractivity contribution in [1.82, 2.24) is 4.98 Å². The number of fused-ring (bicyclic) bond motifs is 1. The highest BCUT2D eigenvalue weighted by molar-refractivity contribution is 7.22. The lowest BCUT2D eigenvalue weighted by Gasteiger charge is -2.08. The van der Waals surface area contributed by atoms with Crippen LogP contribution < -0.4 is 15.4 Å². The summed E-state index contributed by atoms with van der Waals surface area (Å²) in [5, 5.41) is 6.02. The average Bonchev–Trinajstić information content (AvgIpc) is 3.03. The van der Waals surface area contributed by atoms with Gasteiger partial charge in [-0.3, -0.25) is 10.1 Å². The number of nitrogens with one attached hydrogen (secondary N) is 2. The molecule has 2 N–H and O–H groups in total. The molecule has 6 nitrogen and oxygen atoms in total. The minimum atomic E-state index is -0.356. The molecule has 0 atom stereocenters. The van der Waals surface area contributed by atoms with Crippen LogP contribution in [0.5, 0.6) is 5.75 Å². The summed E-state index contributed by atoms with van der Waals surface area (Å²) in [5.74, 6) is 0.667. The van der Waals surface area contributed by atoms with Crippen molar-refractivity contribution < 1.29 is 14.3 Å². The molecule has 1 heterocycles. The third kappa shape index (κ3) is 5.07. The Morgan fingerprint density at radius 3 is 2.54 bits per heavy atom. The van der Waals surface area contributed by atoms with Gasteiger partial charge in [0.1, 0.15) is 5.75 Å². The van der Waals surface area contributed by atoms with Gasteiger partial charge in [0.2, 0.25) is 0 Å². The van der Waals surface area contributed by atoms with Crippen LogP contribution in [0.25, 0.3) is 10.2 Å².